The van der Waals surface area contributed by atoms with E-state index in [-0.39, 0.29) is 43.2 Å². The van der Waals surface area contributed by atoms with Crippen molar-refractivity contribution in [3.05, 3.63) is 12.2 Å². The molecule has 2 aliphatic rings. The van der Waals surface area contributed by atoms with Gasteiger partial charge in [-0.1, -0.05) is 227 Å². The first-order valence-electron chi connectivity index (χ1n) is 34.1. The molecule has 13 nitrogen and oxygen atoms in total. The lowest BCUT2D eigenvalue weighted by molar-refractivity contribution is -0.281. The van der Waals surface area contributed by atoms with E-state index in [0.717, 1.165) is 96.2 Å². The van der Waals surface area contributed by atoms with Gasteiger partial charge in [0.1, 0.15) is 36.4 Å². The summed E-state index contributed by atoms with van der Waals surface area (Å²) in [6, 6.07) is -1.41. The Balaban J connectivity index is 2.20. The standard InChI is InChI=1S/C68H126N2O11/c1-8-12-16-20-23-26-27-28-29-30-31-33-35-39-43-47-61(73)69-64-66(78-50-48-57(52-71)45-41-37-19-15-11-4)55(5)59(53-76-7)81-68(64)79-54-60-65(75)67(77-49-44-40-36-25-22-18-14-10-3)63(56(6)80-60)70-62(74)51-58(72)46-42-38-34-32-24-21-17-13-9-2/h26-27,52,55-57,59-60,63-68,75H,8-25,28-51,53-54H2,1-7H3,(H,69,73)(H,70,74)/b27-26-. The summed E-state index contributed by atoms with van der Waals surface area (Å²) in [5, 5.41) is 18.5. The van der Waals surface area contributed by atoms with Crippen molar-refractivity contribution in [3.8, 4) is 0 Å². The van der Waals surface area contributed by atoms with E-state index >= 15 is 0 Å². The van der Waals surface area contributed by atoms with Gasteiger partial charge in [-0.05, 0) is 64.7 Å². The number of ether oxygens (including phenoxy) is 6. The maximum atomic E-state index is 14.0. The van der Waals surface area contributed by atoms with Crippen molar-refractivity contribution < 1.29 is 52.7 Å². The number of nitrogens with one attached hydrogen (secondary N) is 2. The number of Topliss-reactive ketones (excluding diaryl/α,β-unsaturated/α-hetero) is 1. The minimum atomic E-state index is -1.19. The summed E-state index contributed by atoms with van der Waals surface area (Å²) in [6.45, 7) is 13.7. The van der Waals surface area contributed by atoms with Gasteiger partial charge < -0.3 is 49.0 Å². The maximum Gasteiger partial charge on any atom is 0.227 e. The molecule has 0 spiro atoms. The number of aldehydes is 1. The fourth-order valence-electron chi connectivity index (χ4n) is 11.7. The molecule has 2 amide bonds. The first-order chi connectivity index (χ1) is 39.5. The number of ketones is 1. The Morgan fingerprint density at radius 1 is 0.506 bits per heavy atom. The highest BCUT2D eigenvalue weighted by molar-refractivity contribution is 5.98. The minimum Gasteiger partial charge on any atom is -0.388 e. The Morgan fingerprint density at radius 3 is 1.54 bits per heavy atom. The second kappa shape index (κ2) is 51.0. The Bertz CT molecular complexity index is 1550. The first-order valence-corrected chi connectivity index (χ1v) is 34.1. The zero-order valence-corrected chi connectivity index (χ0v) is 53.2. The van der Waals surface area contributed by atoms with Crippen LogP contribution in [0.25, 0.3) is 0 Å². The van der Waals surface area contributed by atoms with Gasteiger partial charge in [-0.3, -0.25) is 14.4 Å². The summed E-state index contributed by atoms with van der Waals surface area (Å²) < 4.78 is 38.8. The van der Waals surface area contributed by atoms with E-state index < -0.39 is 60.9 Å². The van der Waals surface area contributed by atoms with Crippen LogP contribution in [0.4, 0.5) is 0 Å². The van der Waals surface area contributed by atoms with Crippen LogP contribution in [-0.2, 0) is 47.6 Å². The summed E-state index contributed by atoms with van der Waals surface area (Å²) in [5.74, 6) is -0.909. The van der Waals surface area contributed by atoms with Crippen LogP contribution >= 0.6 is 0 Å². The van der Waals surface area contributed by atoms with E-state index in [4.69, 9.17) is 28.4 Å². The number of allylic oxidation sites excluding steroid dienone is 2. The molecular formula is C68H126N2O11. The molecule has 0 saturated carbocycles. The smallest absolute Gasteiger partial charge is 0.227 e. The third kappa shape index (κ3) is 35.7. The van der Waals surface area contributed by atoms with E-state index in [0.29, 0.717) is 32.5 Å². The third-order valence-corrected chi connectivity index (χ3v) is 17.0. The number of amides is 2. The van der Waals surface area contributed by atoms with Crippen molar-refractivity contribution in [1.29, 1.82) is 0 Å². The molecule has 0 aromatic rings. The summed E-state index contributed by atoms with van der Waals surface area (Å²) in [5.41, 5.74) is 0. The van der Waals surface area contributed by atoms with Crippen LogP contribution in [0.2, 0.25) is 0 Å². The molecule has 81 heavy (non-hydrogen) atoms. The normalized spacial score (nSPS) is 23.5. The van der Waals surface area contributed by atoms with Crippen LogP contribution in [-0.4, -0.2) is 118 Å². The second-order valence-electron chi connectivity index (χ2n) is 24.4. The largest absolute Gasteiger partial charge is 0.388 e. The number of aliphatic hydroxyl groups is 1. The number of carbonyl (C=O) groups is 4. The molecule has 0 aliphatic carbocycles. The molecule has 0 radical (unpaired) electrons. The van der Waals surface area contributed by atoms with Gasteiger partial charge in [0, 0.05) is 45.0 Å². The van der Waals surface area contributed by atoms with Gasteiger partial charge in [-0.2, -0.15) is 0 Å². The molecule has 2 aliphatic heterocycles. The number of rotatable bonds is 55. The Labute approximate surface area is 496 Å². The van der Waals surface area contributed by atoms with Gasteiger partial charge in [0.2, 0.25) is 11.8 Å². The minimum absolute atomic E-state index is 0.0880. The molecule has 11 atom stereocenters. The van der Waals surface area contributed by atoms with Crippen molar-refractivity contribution >= 4 is 23.9 Å². The summed E-state index contributed by atoms with van der Waals surface area (Å²) in [7, 11) is 1.63. The third-order valence-electron chi connectivity index (χ3n) is 17.0. The SMILES string of the molecule is CCCCCC/C=C\CCCCCCCCCC(=O)NC1C(OCC2OC(C)C(NC(=O)CC(=O)CCCCCCCCCCC)C(OCCCCCCCCCC)C2O)OC(COC)C(C)C1OCCC(C=O)CCCCCCC. The van der Waals surface area contributed by atoms with Crippen molar-refractivity contribution in [2.45, 2.75) is 353 Å². The van der Waals surface area contributed by atoms with Crippen molar-refractivity contribution in [2.75, 3.05) is 33.5 Å². The topological polar surface area (TPSA) is 168 Å². The molecule has 474 valence electrons. The molecule has 13 heteroatoms. The first kappa shape index (κ1) is 74.8. The fraction of sp³-hybridized carbons (Fsp3) is 0.912. The molecule has 0 aromatic carbocycles. The zero-order chi connectivity index (χ0) is 59.0. The number of carbonyl (C=O) groups excluding carboxylic acids is 4. The van der Waals surface area contributed by atoms with Crippen molar-refractivity contribution in [2.24, 2.45) is 11.8 Å². The van der Waals surface area contributed by atoms with E-state index in [2.05, 4.69) is 50.5 Å². The van der Waals surface area contributed by atoms with Gasteiger partial charge in [-0.25, -0.2) is 0 Å². The predicted octanol–water partition coefficient (Wildman–Crippen LogP) is 15.5. The van der Waals surface area contributed by atoms with Crippen LogP contribution in [0, 0.1) is 11.8 Å². The molecule has 2 heterocycles. The lowest BCUT2D eigenvalue weighted by Gasteiger charge is -2.47. The van der Waals surface area contributed by atoms with Gasteiger partial charge in [-0.15, -0.1) is 0 Å². The molecule has 2 saturated heterocycles. The molecular weight excluding hydrogens is 1020 g/mol. The summed E-state index contributed by atoms with van der Waals surface area (Å²) >= 11 is 0. The predicted molar refractivity (Wildman–Crippen MR) is 330 cm³/mol. The number of hydrogen-bond donors (Lipinski definition) is 3. The van der Waals surface area contributed by atoms with E-state index in [1.54, 1.807) is 7.11 Å². The molecule has 2 fully saturated rings. The zero-order valence-electron chi connectivity index (χ0n) is 53.2. The number of aliphatic hydroxyl groups excluding tert-OH is 1. The monoisotopic (exact) mass is 1150 g/mol. The van der Waals surface area contributed by atoms with Crippen LogP contribution in [0.15, 0.2) is 12.2 Å². The van der Waals surface area contributed by atoms with Gasteiger partial charge in [0.25, 0.3) is 0 Å². The Hall–Kier alpha value is -2.26. The lowest BCUT2D eigenvalue weighted by atomic mass is 9.88. The Kier molecular flexibility index (Phi) is 47.1. The van der Waals surface area contributed by atoms with Crippen LogP contribution in [0.5, 0.6) is 0 Å². The van der Waals surface area contributed by atoms with E-state index in [1.807, 2.05) is 13.8 Å². The lowest BCUT2D eigenvalue weighted by Crippen LogP contribution is -2.65. The van der Waals surface area contributed by atoms with E-state index in [1.165, 1.54) is 141 Å². The molecule has 3 N–H and O–H groups in total. The maximum absolute atomic E-state index is 14.0. The number of unbranched alkanes of at least 4 members (excludes halogenated alkanes) is 30. The fourth-order valence-corrected chi connectivity index (χ4v) is 11.7. The van der Waals surface area contributed by atoms with Gasteiger partial charge >= 0.3 is 0 Å². The van der Waals surface area contributed by atoms with Crippen LogP contribution in [0.3, 0.4) is 0 Å². The average molecular weight is 1150 g/mol. The van der Waals surface area contributed by atoms with Gasteiger partial charge in [0.05, 0.1) is 44.0 Å². The van der Waals surface area contributed by atoms with E-state index in [9.17, 15) is 24.3 Å². The molecule has 11 unspecified atom stereocenters. The average Bonchev–Trinajstić information content (AvgIpc) is 3.63. The number of hydrogen-bond acceptors (Lipinski definition) is 11. The summed E-state index contributed by atoms with van der Waals surface area (Å²) in [4.78, 5) is 52.8. The summed E-state index contributed by atoms with van der Waals surface area (Å²) in [6.07, 6.45) is 42.5. The quantitative estimate of drug-likeness (QED) is 0.0229. The molecule has 2 rings (SSSR count). The highest BCUT2D eigenvalue weighted by atomic mass is 16.7. The Morgan fingerprint density at radius 2 is 0.988 bits per heavy atom. The molecule has 0 bridgehead atoms. The van der Waals surface area contributed by atoms with Crippen molar-refractivity contribution in [1.82, 2.24) is 10.6 Å². The van der Waals surface area contributed by atoms with Crippen LogP contribution in [0.1, 0.15) is 298 Å². The highest BCUT2D eigenvalue weighted by Crippen LogP contribution is 2.32. The van der Waals surface area contributed by atoms with Crippen molar-refractivity contribution in [3.63, 3.8) is 0 Å². The highest BCUT2D eigenvalue weighted by Gasteiger charge is 2.49. The van der Waals surface area contributed by atoms with Gasteiger partial charge in [0.15, 0.2) is 6.29 Å². The van der Waals surface area contributed by atoms with Crippen LogP contribution < -0.4 is 10.6 Å². The molecule has 0 aromatic heterocycles. The number of methoxy groups -OCH3 is 1. The second-order valence-corrected chi connectivity index (χ2v) is 24.4.